The average molecular weight is 231 g/mol. The summed E-state index contributed by atoms with van der Waals surface area (Å²) in [6.45, 7) is 2.26. The van der Waals surface area contributed by atoms with Crippen molar-refractivity contribution in [3.8, 4) is 0 Å². The smallest absolute Gasteiger partial charge is 0.118 e. The quantitative estimate of drug-likeness (QED) is 0.761. The van der Waals surface area contributed by atoms with Gasteiger partial charge in [0.15, 0.2) is 0 Å². The zero-order chi connectivity index (χ0) is 7.68. The molecule has 1 aliphatic carbocycles. The van der Waals surface area contributed by atoms with E-state index in [1.807, 2.05) is 0 Å². The number of hydrogen-bond donors (Lipinski definition) is 2. The summed E-state index contributed by atoms with van der Waals surface area (Å²) in [4.78, 5) is 0. The molecule has 1 aliphatic heterocycles. The van der Waals surface area contributed by atoms with E-state index in [1.54, 1.807) is 0 Å². The third-order valence-electron chi connectivity index (χ3n) is 2.50. The minimum atomic E-state index is -0.624. The maximum atomic E-state index is 13.0. The first-order valence-electron chi connectivity index (χ1n) is 4.44. The third kappa shape index (κ3) is 3.98. The Morgan fingerprint density at radius 1 is 1.23 bits per heavy atom. The molecule has 0 aromatic carbocycles. The molecule has 0 aromatic heterocycles. The molecular weight excluding hydrogens is 214 g/mol. The Bertz CT molecular complexity index is 144. The zero-order valence-electron chi connectivity index (χ0n) is 7.46. The highest BCUT2D eigenvalue weighted by Gasteiger charge is 2.28. The molecule has 2 N–H and O–H groups in total. The highest BCUT2D eigenvalue weighted by atomic mass is 35.5. The Balaban J connectivity index is 0.000000720. The van der Waals surface area contributed by atoms with E-state index in [1.165, 1.54) is 12.8 Å². The lowest BCUT2D eigenvalue weighted by atomic mass is 10.1. The standard InChI is InChI=1S/C8H15FN2.2ClH/c9-8-5-10-3-6(8)4-11-7-1-2-7;;/h6-8,10-11H,1-5H2;2*1H/t6-,8-;;/m0../s1. The second kappa shape index (κ2) is 6.02. The maximum Gasteiger partial charge on any atom is 0.118 e. The van der Waals surface area contributed by atoms with Gasteiger partial charge in [-0.2, -0.15) is 0 Å². The van der Waals surface area contributed by atoms with Gasteiger partial charge in [0.1, 0.15) is 6.17 Å². The summed E-state index contributed by atoms with van der Waals surface area (Å²) in [5, 5.41) is 6.40. The van der Waals surface area contributed by atoms with Gasteiger partial charge in [0.2, 0.25) is 0 Å². The topological polar surface area (TPSA) is 24.1 Å². The number of halogens is 3. The van der Waals surface area contributed by atoms with Crippen molar-refractivity contribution in [1.29, 1.82) is 0 Å². The van der Waals surface area contributed by atoms with E-state index in [2.05, 4.69) is 10.6 Å². The number of alkyl halides is 1. The lowest BCUT2D eigenvalue weighted by Crippen LogP contribution is -2.29. The fraction of sp³-hybridized carbons (Fsp3) is 1.00. The predicted octanol–water partition coefficient (Wildman–Crippen LogP) is 1.14. The first kappa shape index (κ1) is 13.4. The zero-order valence-corrected chi connectivity index (χ0v) is 9.10. The highest BCUT2D eigenvalue weighted by Crippen LogP contribution is 2.20. The van der Waals surface area contributed by atoms with Crippen LogP contribution >= 0.6 is 24.8 Å². The van der Waals surface area contributed by atoms with Gasteiger partial charge < -0.3 is 10.6 Å². The molecule has 80 valence electrons. The van der Waals surface area contributed by atoms with Crippen molar-refractivity contribution in [1.82, 2.24) is 10.6 Å². The predicted molar refractivity (Wildman–Crippen MR) is 56.8 cm³/mol. The Morgan fingerprint density at radius 2 is 1.92 bits per heavy atom. The number of nitrogens with one attached hydrogen (secondary N) is 2. The first-order valence-corrected chi connectivity index (χ1v) is 4.44. The average Bonchev–Trinajstić information content (AvgIpc) is 2.73. The largest absolute Gasteiger partial charge is 0.314 e. The van der Waals surface area contributed by atoms with E-state index in [4.69, 9.17) is 0 Å². The minimum absolute atomic E-state index is 0. The van der Waals surface area contributed by atoms with Gasteiger partial charge in [0.05, 0.1) is 0 Å². The summed E-state index contributed by atoms with van der Waals surface area (Å²) in [6.07, 6.45) is 1.95. The lowest BCUT2D eigenvalue weighted by molar-refractivity contribution is 0.276. The van der Waals surface area contributed by atoms with Crippen LogP contribution in [0.4, 0.5) is 4.39 Å². The number of hydrogen-bond acceptors (Lipinski definition) is 2. The molecule has 2 rings (SSSR count). The molecule has 2 atom stereocenters. The molecule has 2 nitrogen and oxygen atoms in total. The van der Waals surface area contributed by atoms with Crippen molar-refractivity contribution in [2.45, 2.75) is 25.1 Å². The lowest BCUT2D eigenvalue weighted by Gasteiger charge is -2.11. The van der Waals surface area contributed by atoms with Crippen molar-refractivity contribution < 1.29 is 4.39 Å². The van der Waals surface area contributed by atoms with Crippen LogP contribution in [0, 0.1) is 5.92 Å². The number of rotatable bonds is 3. The Labute approximate surface area is 90.9 Å². The first-order chi connectivity index (χ1) is 5.36. The van der Waals surface area contributed by atoms with E-state index in [9.17, 15) is 4.39 Å². The van der Waals surface area contributed by atoms with Crippen LogP contribution in [0.15, 0.2) is 0 Å². The minimum Gasteiger partial charge on any atom is -0.314 e. The maximum absolute atomic E-state index is 13.0. The molecular formula is C8H17Cl2FN2. The molecule has 0 bridgehead atoms. The second-order valence-electron chi connectivity index (χ2n) is 3.62. The van der Waals surface area contributed by atoms with Crippen LogP contribution in [0.5, 0.6) is 0 Å². The Morgan fingerprint density at radius 3 is 2.38 bits per heavy atom. The van der Waals surface area contributed by atoms with Gasteiger partial charge in [0, 0.05) is 31.6 Å². The summed E-state index contributed by atoms with van der Waals surface area (Å²) in [7, 11) is 0. The normalized spacial score (nSPS) is 32.1. The van der Waals surface area contributed by atoms with E-state index in [0.717, 1.165) is 13.1 Å². The Hall–Kier alpha value is 0.430. The van der Waals surface area contributed by atoms with E-state index in [-0.39, 0.29) is 30.7 Å². The molecule has 1 saturated carbocycles. The van der Waals surface area contributed by atoms with E-state index in [0.29, 0.717) is 12.6 Å². The van der Waals surface area contributed by atoms with E-state index >= 15 is 0 Å². The van der Waals surface area contributed by atoms with Crippen LogP contribution < -0.4 is 10.6 Å². The van der Waals surface area contributed by atoms with E-state index < -0.39 is 6.17 Å². The van der Waals surface area contributed by atoms with Crippen LogP contribution in [0.25, 0.3) is 0 Å². The van der Waals surface area contributed by atoms with Crippen molar-refractivity contribution in [2.24, 2.45) is 5.92 Å². The Kier molecular flexibility index (Phi) is 6.21. The molecule has 0 aromatic rings. The summed E-state index contributed by atoms with van der Waals surface area (Å²) >= 11 is 0. The van der Waals surface area contributed by atoms with Crippen LogP contribution in [-0.4, -0.2) is 31.8 Å². The summed E-state index contributed by atoms with van der Waals surface area (Å²) in [5.41, 5.74) is 0. The summed E-state index contributed by atoms with van der Waals surface area (Å²) in [6, 6.07) is 0.711. The van der Waals surface area contributed by atoms with Gasteiger partial charge in [-0.15, -0.1) is 24.8 Å². The molecule has 1 saturated heterocycles. The van der Waals surface area contributed by atoms with Gasteiger partial charge in [-0.05, 0) is 12.8 Å². The molecule has 0 spiro atoms. The molecule has 5 heteroatoms. The second-order valence-corrected chi connectivity index (χ2v) is 3.62. The van der Waals surface area contributed by atoms with Gasteiger partial charge >= 0.3 is 0 Å². The summed E-state index contributed by atoms with van der Waals surface area (Å²) in [5.74, 6) is 0.218. The third-order valence-corrected chi connectivity index (χ3v) is 2.50. The monoisotopic (exact) mass is 230 g/mol. The van der Waals surface area contributed by atoms with Crippen molar-refractivity contribution in [3.63, 3.8) is 0 Å². The van der Waals surface area contributed by atoms with Crippen LogP contribution in [0.1, 0.15) is 12.8 Å². The molecule has 2 aliphatic rings. The van der Waals surface area contributed by atoms with Crippen LogP contribution in [0.2, 0.25) is 0 Å². The van der Waals surface area contributed by atoms with Gasteiger partial charge in [0.25, 0.3) is 0 Å². The summed E-state index contributed by atoms with van der Waals surface area (Å²) < 4.78 is 13.0. The molecule has 1 heterocycles. The molecule has 0 radical (unpaired) electrons. The fourth-order valence-corrected chi connectivity index (χ4v) is 1.51. The van der Waals surface area contributed by atoms with Gasteiger partial charge in [-0.25, -0.2) is 4.39 Å². The van der Waals surface area contributed by atoms with Crippen LogP contribution in [-0.2, 0) is 0 Å². The molecule has 13 heavy (non-hydrogen) atoms. The fourth-order valence-electron chi connectivity index (χ4n) is 1.51. The van der Waals surface area contributed by atoms with Crippen molar-refractivity contribution in [3.05, 3.63) is 0 Å². The highest BCUT2D eigenvalue weighted by molar-refractivity contribution is 5.85. The van der Waals surface area contributed by atoms with Crippen LogP contribution in [0.3, 0.4) is 0 Å². The van der Waals surface area contributed by atoms with Crippen molar-refractivity contribution in [2.75, 3.05) is 19.6 Å². The van der Waals surface area contributed by atoms with Gasteiger partial charge in [-0.3, -0.25) is 0 Å². The molecule has 2 fully saturated rings. The van der Waals surface area contributed by atoms with Gasteiger partial charge in [-0.1, -0.05) is 0 Å². The van der Waals surface area contributed by atoms with Crippen molar-refractivity contribution >= 4 is 24.8 Å². The SMILES string of the molecule is Cl.Cl.F[C@H]1CNC[C@H]1CNC1CC1. The molecule has 0 unspecified atom stereocenters. The molecule has 0 amide bonds.